The molecule has 1 aliphatic rings. The first-order valence-electron chi connectivity index (χ1n) is 8.86. The molecule has 0 saturated heterocycles. The summed E-state index contributed by atoms with van der Waals surface area (Å²) in [6.45, 7) is 1.88. The highest BCUT2D eigenvalue weighted by Crippen LogP contribution is 2.32. The van der Waals surface area contributed by atoms with Crippen LogP contribution in [-0.4, -0.2) is 27.2 Å². The molecule has 8 heteroatoms. The molecule has 2 aromatic rings. The molecule has 1 aliphatic carbocycles. The number of hydrogen-bond donors (Lipinski definition) is 2. The molecule has 1 aromatic heterocycles. The van der Waals surface area contributed by atoms with E-state index in [-0.39, 0.29) is 16.5 Å². The van der Waals surface area contributed by atoms with E-state index < -0.39 is 11.2 Å². The molecule has 1 unspecified atom stereocenters. The molecule has 28 heavy (non-hydrogen) atoms. The van der Waals surface area contributed by atoms with E-state index >= 15 is 0 Å². The molecule has 144 valence electrons. The molecule has 6 nitrogen and oxygen atoms in total. The Morgan fingerprint density at radius 3 is 2.86 bits per heavy atom. The monoisotopic (exact) mass is 415 g/mol. The van der Waals surface area contributed by atoms with Gasteiger partial charge in [-0.25, -0.2) is 9.78 Å². The Kier molecular flexibility index (Phi) is 6.22. The summed E-state index contributed by atoms with van der Waals surface area (Å²) in [5, 5.41) is 21.5. The fraction of sp³-hybridized carbons (Fsp3) is 0.300. The summed E-state index contributed by atoms with van der Waals surface area (Å²) in [7, 11) is 0. The van der Waals surface area contributed by atoms with Gasteiger partial charge in [0.2, 0.25) is 5.91 Å². The van der Waals surface area contributed by atoms with Crippen molar-refractivity contribution in [1.29, 1.82) is 5.26 Å². The number of nitrogens with zero attached hydrogens (tertiary/aromatic N) is 2. The third-order valence-electron chi connectivity index (χ3n) is 4.52. The van der Waals surface area contributed by atoms with Gasteiger partial charge in [0.15, 0.2) is 0 Å². The molecule has 3 rings (SSSR count). The fourth-order valence-electron chi connectivity index (χ4n) is 3.07. The predicted molar refractivity (Wildman–Crippen MR) is 108 cm³/mol. The average Bonchev–Trinajstić information content (AvgIpc) is 3.13. The SMILES string of the molecule is CCC(Sc1nc2c(cc1C#N)CCC2)C(=O)Nc1ccc(Cl)c(C(=O)O)c1. The van der Waals surface area contributed by atoms with Crippen molar-refractivity contribution in [3.8, 4) is 6.07 Å². The molecule has 0 saturated carbocycles. The van der Waals surface area contributed by atoms with Crippen molar-refractivity contribution in [1.82, 2.24) is 4.98 Å². The van der Waals surface area contributed by atoms with Gasteiger partial charge in [-0.1, -0.05) is 30.3 Å². The summed E-state index contributed by atoms with van der Waals surface area (Å²) in [6.07, 6.45) is 3.38. The molecule has 1 heterocycles. The number of aromatic carboxylic acids is 1. The Labute approximate surface area is 171 Å². The van der Waals surface area contributed by atoms with Crippen molar-refractivity contribution < 1.29 is 14.7 Å². The molecule has 1 atom stereocenters. The third kappa shape index (κ3) is 4.29. The predicted octanol–water partition coefficient (Wildman–Crippen LogP) is 4.30. The second kappa shape index (κ2) is 8.63. The van der Waals surface area contributed by atoms with Gasteiger partial charge in [0.25, 0.3) is 0 Å². The Balaban J connectivity index is 1.79. The van der Waals surface area contributed by atoms with E-state index in [1.54, 1.807) is 6.07 Å². The van der Waals surface area contributed by atoms with Gasteiger partial charge in [-0.15, -0.1) is 0 Å². The van der Waals surface area contributed by atoms with Crippen LogP contribution in [0.15, 0.2) is 29.3 Å². The van der Waals surface area contributed by atoms with Gasteiger partial charge in [-0.2, -0.15) is 5.26 Å². The fourth-order valence-corrected chi connectivity index (χ4v) is 4.26. The highest BCUT2D eigenvalue weighted by molar-refractivity contribution is 8.00. The minimum Gasteiger partial charge on any atom is -0.478 e. The number of thioether (sulfide) groups is 1. The summed E-state index contributed by atoms with van der Waals surface area (Å²) in [5.41, 5.74) is 2.87. The number of pyridine rings is 1. The van der Waals surface area contributed by atoms with Gasteiger partial charge in [0, 0.05) is 11.4 Å². The Bertz CT molecular complexity index is 987. The zero-order chi connectivity index (χ0) is 20.3. The van der Waals surface area contributed by atoms with Crippen molar-refractivity contribution in [2.45, 2.75) is 42.9 Å². The Morgan fingerprint density at radius 1 is 1.39 bits per heavy atom. The number of aryl methyl sites for hydroxylation is 2. The minimum atomic E-state index is -1.16. The largest absolute Gasteiger partial charge is 0.478 e. The number of fused-ring (bicyclic) bond motifs is 1. The molecule has 0 spiro atoms. The van der Waals surface area contributed by atoms with Gasteiger partial charge in [0.1, 0.15) is 11.1 Å². The zero-order valence-electron chi connectivity index (χ0n) is 15.2. The topological polar surface area (TPSA) is 103 Å². The van der Waals surface area contributed by atoms with E-state index in [0.717, 1.165) is 30.5 Å². The molecule has 1 aromatic carbocycles. The standard InChI is InChI=1S/C20H18ClN3O3S/c1-2-17(18(25)23-13-6-7-15(21)14(9-13)20(26)27)28-19-12(10-22)8-11-4-3-5-16(11)24-19/h6-9,17H,2-5H2,1H3,(H,23,25)(H,26,27). The maximum Gasteiger partial charge on any atom is 0.337 e. The lowest BCUT2D eigenvalue weighted by Crippen LogP contribution is -2.25. The van der Waals surface area contributed by atoms with Crippen LogP contribution in [0.25, 0.3) is 0 Å². The van der Waals surface area contributed by atoms with Gasteiger partial charge in [-0.05, 0) is 55.5 Å². The van der Waals surface area contributed by atoms with Crippen LogP contribution in [0.1, 0.15) is 46.9 Å². The quantitative estimate of drug-likeness (QED) is 0.681. The third-order valence-corrected chi connectivity index (χ3v) is 6.21. The van der Waals surface area contributed by atoms with E-state index in [0.29, 0.717) is 22.7 Å². The number of carbonyl (C=O) groups is 2. The highest BCUT2D eigenvalue weighted by atomic mass is 35.5. The lowest BCUT2D eigenvalue weighted by Gasteiger charge is -2.16. The van der Waals surface area contributed by atoms with Gasteiger partial charge in [-0.3, -0.25) is 4.79 Å². The first-order chi connectivity index (χ1) is 13.4. The molecule has 0 aliphatic heterocycles. The first kappa shape index (κ1) is 20.2. The zero-order valence-corrected chi connectivity index (χ0v) is 16.7. The van der Waals surface area contributed by atoms with Crippen LogP contribution in [0, 0.1) is 11.3 Å². The molecule has 0 bridgehead atoms. The van der Waals surface area contributed by atoms with Gasteiger partial charge in [0.05, 0.1) is 21.4 Å². The normalized spacial score (nSPS) is 13.5. The molecule has 1 amide bonds. The number of halogens is 1. The number of aromatic nitrogens is 1. The van der Waals surface area contributed by atoms with Crippen molar-refractivity contribution in [3.05, 3.63) is 51.7 Å². The number of nitriles is 1. The average molecular weight is 416 g/mol. The van der Waals surface area contributed by atoms with Crippen LogP contribution in [0.3, 0.4) is 0 Å². The van der Waals surface area contributed by atoms with E-state index in [4.69, 9.17) is 16.7 Å². The van der Waals surface area contributed by atoms with Crippen LogP contribution in [0.2, 0.25) is 5.02 Å². The van der Waals surface area contributed by atoms with Crippen LogP contribution in [-0.2, 0) is 17.6 Å². The number of benzene rings is 1. The number of amides is 1. The molecular weight excluding hydrogens is 398 g/mol. The summed E-state index contributed by atoms with van der Waals surface area (Å²) >= 11 is 7.13. The number of nitrogens with one attached hydrogen (secondary N) is 1. The van der Waals surface area contributed by atoms with Crippen LogP contribution in [0.4, 0.5) is 5.69 Å². The van der Waals surface area contributed by atoms with Crippen LogP contribution in [0.5, 0.6) is 0 Å². The molecule has 0 radical (unpaired) electrons. The number of hydrogen-bond acceptors (Lipinski definition) is 5. The van der Waals surface area contributed by atoms with E-state index in [1.807, 2.05) is 13.0 Å². The molecule has 0 fully saturated rings. The van der Waals surface area contributed by atoms with Crippen LogP contribution < -0.4 is 5.32 Å². The maximum absolute atomic E-state index is 12.7. The maximum atomic E-state index is 12.7. The van der Waals surface area contributed by atoms with Crippen molar-refractivity contribution in [3.63, 3.8) is 0 Å². The molecular formula is C20H18ClN3O3S. The lowest BCUT2D eigenvalue weighted by molar-refractivity contribution is -0.115. The summed E-state index contributed by atoms with van der Waals surface area (Å²) < 4.78 is 0. The number of carboxylic acid groups (broad SMARTS) is 1. The number of carbonyl (C=O) groups excluding carboxylic acids is 1. The number of carboxylic acids is 1. The van der Waals surface area contributed by atoms with Crippen LogP contribution >= 0.6 is 23.4 Å². The van der Waals surface area contributed by atoms with Crippen molar-refractivity contribution in [2.24, 2.45) is 0 Å². The van der Waals surface area contributed by atoms with Gasteiger partial charge >= 0.3 is 5.97 Å². The smallest absolute Gasteiger partial charge is 0.337 e. The molecule has 2 N–H and O–H groups in total. The van der Waals surface area contributed by atoms with E-state index in [2.05, 4.69) is 16.4 Å². The Hall–Kier alpha value is -2.56. The number of anilines is 1. The Morgan fingerprint density at radius 2 is 2.18 bits per heavy atom. The van der Waals surface area contributed by atoms with E-state index in [9.17, 15) is 14.9 Å². The van der Waals surface area contributed by atoms with Crippen molar-refractivity contribution in [2.75, 3.05) is 5.32 Å². The van der Waals surface area contributed by atoms with Crippen molar-refractivity contribution >= 4 is 40.9 Å². The highest BCUT2D eigenvalue weighted by Gasteiger charge is 2.23. The summed E-state index contributed by atoms with van der Waals surface area (Å²) in [6, 6.07) is 8.37. The first-order valence-corrected chi connectivity index (χ1v) is 10.1. The minimum absolute atomic E-state index is 0.0766. The summed E-state index contributed by atoms with van der Waals surface area (Å²) in [5.74, 6) is -1.44. The summed E-state index contributed by atoms with van der Waals surface area (Å²) in [4.78, 5) is 28.6. The van der Waals surface area contributed by atoms with Gasteiger partial charge < -0.3 is 10.4 Å². The second-order valence-corrected chi connectivity index (χ2v) is 8.01. The lowest BCUT2D eigenvalue weighted by atomic mass is 10.2. The van der Waals surface area contributed by atoms with E-state index in [1.165, 1.54) is 23.9 Å². The number of rotatable bonds is 6. The second-order valence-electron chi connectivity index (χ2n) is 6.42.